The number of imide groups is 2. The number of ether oxygens (including phenoxy) is 1. The first-order valence-electron chi connectivity index (χ1n) is 11.1. The van der Waals surface area contributed by atoms with E-state index in [1.807, 2.05) is 27.9 Å². The van der Waals surface area contributed by atoms with Crippen LogP contribution in [0.5, 0.6) is 11.5 Å². The number of nitrogens with one attached hydrogen (secondary N) is 1. The number of carbonyl (C=O) groups excluding carboxylic acids is 3. The summed E-state index contributed by atoms with van der Waals surface area (Å²) in [6, 6.07) is 14.1. The van der Waals surface area contributed by atoms with Gasteiger partial charge >= 0.3 is 16.1 Å². The van der Waals surface area contributed by atoms with E-state index in [2.05, 4.69) is 0 Å². The van der Waals surface area contributed by atoms with Gasteiger partial charge in [0.2, 0.25) is 0 Å². The molecule has 1 aliphatic heterocycles. The van der Waals surface area contributed by atoms with Crippen molar-refractivity contribution < 1.29 is 36.6 Å². The minimum absolute atomic E-state index is 0.0334. The first-order valence-corrected chi connectivity index (χ1v) is 13.6. The Kier molecular flexibility index (Phi) is 7.96. The number of hydrogen-bond acceptors (Lipinski definition) is 9. The highest BCUT2D eigenvalue weighted by molar-refractivity contribution is 14.1. The van der Waals surface area contributed by atoms with Gasteiger partial charge in [-0.3, -0.25) is 25.0 Å². The summed E-state index contributed by atoms with van der Waals surface area (Å²) in [4.78, 5) is 49.3. The van der Waals surface area contributed by atoms with Crippen LogP contribution in [0.4, 0.5) is 16.2 Å². The largest absolute Gasteiger partial charge is 0.490 e. The Hall–Kier alpha value is -4.31. The van der Waals surface area contributed by atoms with E-state index >= 15 is 0 Å². The van der Waals surface area contributed by atoms with E-state index in [-0.39, 0.29) is 39.9 Å². The van der Waals surface area contributed by atoms with Crippen LogP contribution in [0.2, 0.25) is 0 Å². The first kappa shape index (κ1) is 27.7. The van der Waals surface area contributed by atoms with Gasteiger partial charge in [0.25, 0.3) is 17.5 Å². The van der Waals surface area contributed by atoms with Crippen LogP contribution in [0.25, 0.3) is 6.08 Å². The van der Waals surface area contributed by atoms with Crippen molar-refractivity contribution in [3.63, 3.8) is 0 Å². The van der Waals surface area contributed by atoms with Crippen molar-refractivity contribution in [3.05, 3.63) is 91.6 Å². The molecule has 1 aliphatic rings. The van der Waals surface area contributed by atoms with Crippen LogP contribution in [0.3, 0.4) is 0 Å². The summed E-state index contributed by atoms with van der Waals surface area (Å²) in [6.45, 7) is 1.82. The molecule has 1 saturated heterocycles. The predicted molar refractivity (Wildman–Crippen MR) is 147 cm³/mol. The van der Waals surface area contributed by atoms with Gasteiger partial charge in [-0.15, -0.1) is 0 Å². The molecule has 0 aromatic heterocycles. The molecule has 4 amide bonds. The number of urea groups is 1. The molecule has 1 fully saturated rings. The molecule has 0 radical (unpaired) electrons. The summed E-state index contributed by atoms with van der Waals surface area (Å²) in [5, 5.41) is 13.2. The van der Waals surface area contributed by atoms with Crippen molar-refractivity contribution in [1.29, 1.82) is 0 Å². The number of nitro groups is 1. The number of halogens is 1. The average molecular weight is 663 g/mol. The summed E-state index contributed by atoms with van der Waals surface area (Å²) in [7, 11) is -4.20. The molecule has 200 valence electrons. The van der Waals surface area contributed by atoms with Crippen LogP contribution in [0.1, 0.15) is 12.5 Å². The molecule has 12 nitrogen and oxygen atoms in total. The van der Waals surface area contributed by atoms with Crippen molar-refractivity contribution in [3.8, 4) is 11.5 Å². The van der Waals surface area contributed by atoms with Crippen LogP contribution in [-0.4, -0.2) is 37.8 Å². The van der Waals surface area contributed by atoms with Gasteiger partial charge in [-0.25, -0.2) is 9.69 Å². The molecule has 0 saturated carbocycles. The molecular formula is C25H18IN3O9S. The fraction of sp³-hybridized carbons (Fsp3) is 0.0800. The van der Waals surface area contributed by atoms with Gasteiger partial charge in [-0.1, -0.05) is 24.3 Å². The second kappa shape index (κ2) is 11.2. The Bertz CT molecular complexity index is 1640. The Morgan fingerprint density at radius 1 is 1.05 bits per heavy atom. The smallest absolute Gasteiger partial charge is 0.339 e. The van der Waals surface area contributed by atoms with Gasteiger partial charge < -0.3 is 8.92 Å². The van der Waals surface area contributed by atoms with Gasteiger partial charge in [-0.2, -0.15) is 8.42 Å². The van der Waals surface area contributed by atoms with Gasteiger partial charge in [0.05, 0.1) is 20.8 Å². The average Bonchev–Trinajstić information content (AvgIpc) is 2.89. The quantitative estimate of drug-likeness (QED) is 0.0937. The van der Waals surface area contributed by atoms with Gasteiger partial charge in [-0.05, 0) is 71.5 Å². The first-order chi connectivity index (χ1) is 18.5. The summed E-state index contributed by atoms with van der Waals surface area (Å²) in [6.07, 6.45) is 1.19. The van der Waals surface area contributed by atoms with Crippen LogP contribution >= 0.6 is 22.6 Å². The monoisotopic (exact) mass is 663 g/mol. The number of hydrogen-bond donors (Lipinski definition) is 1. The summed E-state index contributed by atoms with van der Waals surface area (Å²) in [5.74, 6) is -2.04. The van der Waals surface area contributed by atoms with Crippen LogP contribution in [0, 0.1) is 13.7 Å². The number of benzene rings is 3. The van der Waals surface area contributed by atoms with Crippen LogP contribution < -0.4 is 19.1 Å². The Balaban J connectivity index is 1.73. The third-order valence-corrected chi connectivity index (χ3v) is 7.30. The standard InChI is InChI=1S/C25H18IN3O9S/c1-2-37-21-13-15(12-20(26)22(21)38-39(35,36)18-9-4-3-5-10-18)11-19-23(30)27-25(32)28(24(19)31)16-7-6-8-17(14-16)29(33)34/h3-14H,2H2,1H3,(H,27,30,32)/b19-11+. The fourth-order valence-electron chi connectivity index (χ4n) is 3.56. The highest BCUT2D eigenvalue weighted by Crippen LogP contribution is 2.37. The van der Waals surface area contributed by atoms with E-state index in [4.69, 9.17) is 8.92 Å². The third kappa shape index (κ3) is 5.91. The number of nitrogens with zero attached hydrogens (tertiary/aromatic N) is 2. The second-order valence-electron chi connectivity index (χ2n) is 7.85. The number of carbonyl (C=O) groups is 3. The molecule has 0 atom stereocenters. The molecular weight excluding hydrogens is 645 g/mol. The maximum absolute atomic E-state index is 13.2. The number of amides is 4. The fourth-order valence-corrected chi connectivity index (χ4v) is 5.43. The number of barbiturate groups is 1. The zero-order chi connectivity index (χ0) is 28.3. The van der Waals surface area contributed by atoms with Crippen LogP contribution in [-0.2, 0) is 19.7 Å². The van der Waals surface area contributed by atoms with Gasteiger partial charge in [0, 0.05) is 12.1 Å². The van der Waals surface area contributed by atoms with E-state index in [0.717, 1.165) is 6.07 Å². The van der Waals surface area contributed by atoms with Crippen molar-refractivity contribution in [1.82, 2.24) is 5.32 Å². The van der Waals surface area contributed by atoms with Crippen molar-refractivity contribution in [2.45, 2.75) is 11.8 Å². The molecule has 1 N–H and O–H groups in total. The lowest BCUT2D eigenvalue weighted by Crippen LogP contribution is -2.54. The number of nitro benzene ring substituents is 1. The summed E-state index contributed by atoms with van der Waals surface area (Å²) < 4.78 is 36.8. The molecule has 1 heterocycles. The van der Waals surface area contributed by atoms with Gasteiger partial charge in [0.1, 0.15) is 10.5 Å². The number of rotatable bonds is 8. The molecule has 3 aromatic rings. The van der Waals surface area contributed by atoms with E-state index in [0.29, 0.717) is 8.47 Å². The Morgan fingerprint density at radius 2 is 1.77 bits per heavy atom. The van der Waals surface area contributed by atoms with Crippen molar-refractivity contribution in [2.24, 2.45) is 0 Å². The normalized spacial score (nSPS) is 14.8. The highest BCUT2D eigenvalue weighted by atomic mass is 127. The van der Waals surface area contributed by atoms with Crippen molar-refractivity contribution in [2.75, 3.05) is 11.5 Å². The third-order valence-electron chi connectivity index (χ3n) is 5.27. The Labute approximate surface area is 235 Å². The number of non-ortho nitro benzene ring substituents is 1. The lowest BCUT2D eigenvalue weighted by atomic mass is 10.1. The molecule has 14 heteroatoms. The SMILES string of the molecule is CCOc1cc(/C=C2\C(=O)NC(=O)N(c3cccc([N+](=O)[O-])c3)C2=O)cc(I)c1OS(=O)(=O)c1ccccc1. The maximum Gasteiger partial charge on any atom is 0.339 e. The van der Waals surface area contributed by atoms with Gasteiger partial charge in [0.15, 0.2) is 11.5 Å². The molecule has 0 bridgehead atoms. The highest BCUT2D eigenvalue weighted by Gasteiger charge is 2.37. The maximum atomic E-state index is 13.2. The molecule has 3 aromatic carbocycles. The van der Waals surface area contributed by atoms with E-state index < -0.39 is 38.5 Å². The number of anilines is 1. The van der Waals surface area contributed by atoms with Crippen molar-refractivity contribution >= 4 is 68.0 Å². The molecule has 0 aliphatic carbocycles. The zero-order valence-corrected chi connectivity index (χ0v) is 23.0. The van der Waals surface area contributed by atoms with Crippen LogP contribution in [0.15, 0.2) is 77.2 Å². The van der Waals surface area contributed by atoms with E-state index in [9.17, 15) is 32.9 Å². The minimum atomic E-state index is -4.20. The predicted octanol–water partition coefficient (Wildman–Crippen LogP) is 4.03. The summed E-state index contributed by atoms with van der Waals surface area (Å²) >= 11 is 1.83. The molecule has 39 heavy (non-hydrogen) atoms. The second-order valence-corrected chi connectivity index (χ2v) is 10.6. The van der Waals surface area contributed by atoms with E-state index in [1.54, 1.807) is 25.1 Å². The summed E-state index contributed by atoms with van der Waals surface area (Å²) in [5.41, 5.74) is -0.638. The molecule has 0 unspecified atom stereocenters. The minimum Gasteiger partial charge on any atom is -0.490 e. The molecule has 4 rings (SSSR count). The Morgan fingerprint density at radius 3 is 2.44 bits per heavy atom. The lowest BCUT2D eigenvalue weighted by Gasteiger charge is -2.26. The van der Waals surface area contributed by atoms with E-state index in [1.165, 1.54) is 48.5 Å². The topological polar surface area (TPSA) is 162 Å². The zero-order valence-electron chi connectivity index (χ0n) is 20.0. The lowest BCUT2D eigenvalue weighted by molar-refractivity contribution is -0.384. The molecule has 0 spiro atoms.